The Kier molecular flexibility index (Phi) is 5.81. The van der Waals surface area contributed by atoms with E-state index in [1.54, 1.807) is 0 Å². The molecule has 0 bridgehead atoms. The van der Waals surface area contributed by atoms with Crippen molar-refractivity contribution < 1.29 is 4.57 Å². The molecule has 1 aromatic heterocycles. The monoisotopic (exact) mass is 259 g/mol. The van der Waals surface area contributed by atoms with Crippen LogP contribution >= 0.6 is 0 Å². The van der Waals surface area contributed by atoms with Gasteiger partial charge >= 0.3 is 0 Å². The molecule has 0 aliphatic heterocycles. The molecule has 2 aromatic rings. The molecule has 104 valence electrons. The maximum atomic E-state index is 2.29. The average molecular weight is 259 g/mol. The van der Waals surface area contributed by atoms with Crippen molar-refractivity contribution >= 4 is 0 Å². The lowest BCUT2D eigenvalue weighted by atomic mass is 9.93. The zero-order chi connectivity index (χ0) is 14.4. The Hall–Kier alpha value is -1.57. The van der Waals surface area contributed by atoms with Gasteiger partial charge in [-0.2, -0.15) is 0 Å². The Balaban J connectivity index is 0.000000861. The highest BCUT2D eigenvalue weighted by Crippen LogP contribution is 2.28. The lowest BCUT2D eigenvalue weighted by Gasteiger charge is -2.13. The van der Waals surface area contributed by atoms with E-state index >= 15 is 0 Å². The van der Waals surface area contributed by atoms with Crippen LogP contribution in [0.5, 0.6) is 0 Å². The number of nitrogens with zero attached hydrogens (tertiary/aromatic N) is 2. The van der Waals surface area contributed by atoms with Gasteiger partial charge in [-0.1, -0.05) is 45.9 Å². The number of imidazole rings is 1. The first kappa shape index (κ1) is 15.5. The first-order valence-electron chi connectivity index (χ1n) is 7.25. The lowest BCUT2D eigenvalue weighted by Crippen LogP contribution is -2.29. The molecular weight excluding hydrogens is 232 g/mol. The molecule has 0 aliphatic rings. The van der Waals surface area contributed by atoms with E-state index in [0.29, 0.717) is 5.92 Å². The van der Waals surface area contributed by atoms with Crippen molar-refractivity contribution in [2.45, 2.75) is 40.0 Å². The molecule has 0 saturated heterocycles. The van der Waals surface area contributed by atoms with Gasteiger partial charge in [-0.3, -0.25) is 0 Å². The van der Waals surface area contributed by atoms with Gasteiger partial charge in [0.25, 0.3) is 5.82 Å². The van der Waals surface area contributed by atoms with Crippen LogP contribution in [0.3, 0.4) is 0 Å². The van der Waals surface area contributed by atoms with Gasteiger partial charge in [0, 0.05) is 0 Å². The molecule has 0 aliphatic carbocycles. The van der Waals surface area contributed by atoms with Gasteiger partial charge in [0.05, 0.1) is 19.7 Å². The maximum Gasteiger partial charge on any atom is 0.288 e. The maximum absolute atomic E-state index is 2.29. The highest BCUT2D eigenvalue weighted by Gasteiger charge is 2.19. The van der Waals surface area contributed by atoms with Crippen LogP contribution in [0.2, 0.25) is 0 Å². The molecule has 0 N–H and O–H groups in total. The zero-order valence-electron chi connectivity index (χ0n) is 13.1. The number of aryl methyl sites for hydroxylation is 2. The lowest BCUT2D eigenvalue weighted by molar-refractivity contribution is -0.659. The molecule has 1 atom stereocenters. The van der Waals surface area contributed by atoms with Crippen LogP contribution in [-0.4, -0.2) is 4.57 Å². The smallest absolute Gasteiger partial charge is 0.233 e. The third-order valence-corrected chi connectivity index (χ3v) is 3.53. The predicted octanol–water partition coefficient (Wildman–Crippen LogP) is 4.06. The van der Waals surface area contributed by atoms with Crippen LogP contribution in [-0.2, 0) is 14.1 Å². The Morgan fingerprint density at radius 2 is 1.84 bits per heavy atom. The number of rotatable bonds is 3. The highest BCUT2D eigenvalue weighted by atomic mass is 15.1. The number of benzene rings is 1. The van der Waals surface area contributed by atoms with E-state index in [1.165, 1.54) is 23.4 Å². The van der Waals surface area contributed by atoms with Gasteiger partial charge in [0.15, 0.2) is 0 Å². The Morgan fingerprint density at radius 3 is 2.37 bits per heavy atom. The summed E-state index contributed by atoms with van der Waals surface area (Å²) in [7, 11) is 4.20. The highest BCUT2D eigenvalue weighted by molar-refractivity contribution is 5.59. The summed E-state index contributed by atoms with van der Waals surface area (Å²) in [6, 6.07) is 8.72. The molecule has 0 fully saturated rings. The summed E-state index contributed by atoms with van der Waals surface area (Å²) < 4.78 is 4.36. The molecule has 0 saturated carbocycles. The second-order valence-corrected chi connectivity index (χ2v) is 4.74. The Morgan fingerprint density at radius 1 is 1.21 bits per heavy atom. The molecule has 1 heterocycles. The van der Waals surface area contributed by atoms with Crippen molar-refractivity contribution in [3.8, 4) is 11.4 Å². The molecular formula is C17H27N2+. The molecule has 19 heavy (non-hydrogen) atoms. The molecule has 2 rings (SSSR count). The van der Waals surface area contributed by atoms with E-state index in [-0.39, 0.29) is 0 Å². The van der Waals surface area contributed by atoms with Crippen molar-refractivity contribution in [3.63, 3.8) is 0 Å². The van der Waals surface area contributed by atoms with Crippen LogP contribution in [0.15, 0.2) is 36.7 Å². The molecule has 2 nitrogen and oxygen atoms in total. The van der Waals surface area contributed by atoms with Crippen molar-refractivity contribution in [1.29, 1.82) is 0 Å². The van der Waals surface area contributed by atoms with E-state index in [0.717, 1.165) is 0 Å². The third-order valence-electron chi connectivity index (χ3n) is 3.53. The largest absolute Gasteiger partial charge is 0.288 e. The van der Waals surface area contributed by atoms with Crippen LogP contribution in [0.25, 0.3) is 11.4 Å². The minimum absolute atomic E-state index is 0.598. The van der Waals surface area contributed by atoms with Gasteiger partial charge in [0.2, 0.25) is 0 Å². The van der Waals surface area contributed by atoms with Gasteiger partial charge in [0.1, 0.15) is 12.4 Å². The quantitative estimate of drug-likeness (QED) is 0.735. The van der Waals surface area contributed by atoms with E-state index in [9.17, 15) is 0 Å². The molecule has 1 unspecified atom stereocenters. The summed E-state index contributed by atoms with van der Waals surface area (Å²) in [5.41, 5.74) is 2.78. The SMILES string of the molecule is CC.CCC(C)c1ccccc1-c1n(C)cc[n+]1C. The molecule has 0 spiro atoms. The number of hydrogen-bond acceptors (Lipinski definition) is 0. The van der Waals surface area contributed by atoms with Gasteiger partial charge in [-0.25, -0.2) is 9.13 Å². The number of hydrogen-bond donors (Lipinski definition) is 0. The van der Waals surface area contributed by atoms with Gasteiger partial charge in [-0.05, 0) is 24.0 Å². The van der Waals surface area contributed by atoms with Crippen molar-refractivity contribution in [2.24, 2.45) is 14.1 Å². The topological polar surface area (TPSA) is 8.81 Å². The minimum atomic E-state index is 0.598. The van der Waals surface area contributed by atoms with E-state index in [4.69, 9.17) is 0 Å². The Bertz CT molecular complexity index is 492. The van der Waals surface area contributed by atoms with Gasteiger partial charge < -0.3 is 0 Å². The second kappa shape index (κ2) is 7.13. The molecule has 2 heteroatoms. The van der Waals surface area contributed by atoms with E-state index in [2.05, 4.69) is 73.7 Å². The standard InChI is InChI=1S/C15H21N2.C2H6/c1-5-12(2)13-8-6-7-9-14(13)15-16(3)10-11-17(15)4;1-2/h6-12H,5H2,1-4H3;1-2H3/q+1;. The van der Waals surface area contributed by atoms with Crippen molar-refractivity contribution in [1.82, 2.24) is 4.57 Å². The van der Waals surface area contributed by atoms with Crippen molar-refractivity contribution in [2.75, 3.05) is 0 Å². The first-order chi connectivity index (χ1) is 9.15. The molecule has 0 amide bonds. The number of aromatic nitrogens is 2. The van der Waals surface area contributed by atoms with Crippen LogP contribution in [0, 0.1) is 0 Å². The summed E-state index contributed by atoms with van der Waals surface area (Å²) >= 11 is 0. The van der Waals surface area contributed by atoms with E-state index < -0.39 is 0 Å². The predicted molar refractivity (Wildman–Crippen MR) is 82.1 cm³/mol. The van der Waals surface area contributed by atoms with Gasteiger partial charge in [-0.15, -0.1) is 0 Å². The fourth-order valence-electron chi connectivity index (χ4n) is 2.32. The fraction of sp³-hybridized carbons (Fsp3) is 0.471. The minimum Gasteiger partial charge on any atom is -0.233 e. The summed E-state index contributed by atoms with van der Waals surface area (Å²) in [6.07, 6.45) is 5.37. The summed E-state index contributed by atoms with van der Waals surface area (Å²) in [6.45, 7) is 8.54. The Labute approximate surface area is 117 Å². The fourth-order valence-corrected chi connectivity index (χ4v) is 2.32. The molecule has 1 aromatic carbocycles. The first-order valence-corrected chi connectivity index (χ1v) is 7.25. The van der Waals surface area contributed by atoms with Crippen LogP contribution in [0.4, 0.5) is 0 Å². The zero-order valence-corrected chi connectivity index (χ0v) is 13.1. The van der Waals surface area contributed by atoms with Crippen LogP contribution < -0.4 is 4.57 Å². The molecule has 0 radical (unpaired) electrons. The summed E-state index contributed by atoms with van der Waals surface area (Å²) in [5.74, 6) is 1.86. The average Bonchev–Trinajstić information content (AvgIpc) is 2.79. The van der Waals surface area contributed by atoms with Crippen molar-refractivity contribution in [3.05, 3.63) is 42.2 Å². The summed E-state index contributed by atoms with van der Waals surface area (Å²) in [4.78, 5) is 0. The van der Waals surface area contributed by atoms with Crippen LogP contribution in [0.1, 0.15) is 45.6 Å². The normalized spacial score (nSPS) is 11.7. The third kappa shape index (κ3) is 3.25. The summed E-state index contributed by atoms with van der Waals surface area (Å²) in [5, 5.41) is 0. The van der Waals surface area contributed by atoms with E-state index in [1.807, 2.05) is 13.8 Å². The second-order valence-electron chi connectivity index (χ2n) is 4.74.